The Balaban J connectivity index is 1.25. The third kappa shape index (κ3) is 3.65. The van der Waals surface area contributed by atoms with Crippen LogP contribution in [0, 0.1) is 0 Å². The van der Waals surface area contributed by atoms with Gasteiger partial charge in [0.2, 0.25) is 0 Å². The Morgan fingerprint density at radius 1 is 0.326 bits per heavy atom. The highest BCUT2D eigenvalue weighted by Crippen LogP contribution is 2.46. The molecule has 8 aromatic carbocycles. The van der Waals surface area contributed by atoms with Gasteiger partial charge in [0.25, 0.3) is 0 Å². The Hall–Kier alpha value is -6.12. The van der Waals surface area contributed by atoms with Crippen LogP contribution in [0.3, 0.4) is 0 Å². The lowest BCUT2D eigenvalue weighted by Crippen LogP contribution is -1.92. The number of hydrogen-bond donors (Lipinski definition) is 0. The summed E-state index contributed by atoms with van der Waals surface area (Å²) in [7, 11) is 0. The zero-order chi connectivity index (χ0) is 30.2. The van der Waals surface area contributed by atoms with Crippen LogP contribution in [-0.2, 0) is 0 Å². The molecular formula is C44H26O2. The van der Waals surface area contributed by atoms with Crippen LogP contribution in [0.5, 0.6) is 0 Å². The van der Waals surface area contributed by atoms with Gasteiger partial charge >= 0.3 is 0 Å². The van der Waals surface area contributed by atoms with E-state index in [0.29, 0.717) is 0 Å². The number of fused-ring (bicyclic) bond motifs is 7. The molecule has 10 rings (SSSR count). The third-order valence-corrected chi connectivity index (χ3v) is 9.56. The Kier molecular flexibility index (Phi) is 5.31. The summed E-state index contributed by atoms with van der Waals surface area (Å²) < 4.78 is 12.0. The fourth-order valence-electron chi connectivity index (χ4n) is 7.51. The number of hydrogen-bond acceptors (Lipinski definition) is 2. The maximum absolute atomic E-state index is 6.14. The van der Waals surface area contributed by atoms with E-state index in [2.05, 4.69) is 133 Å². The first-order valence-corrected chi connectivity index (χ1v) is 15.7. The molecule has 0 radical (unpaired) electrons. The van der Waals surface area contributed by atoms with Crippen LogP contribution in [0.4, 0.5) is 0 Å². The van der Waals surface area contributed by atoms with Gasteiger partial charge in [-0.15, -0.1) is 0 Å². The van der Waals surface area contributed by atoms with E-state index >= 15 is 0 Å². The van der Waals surface area contributed by atoms with E-state index in [-0.39, 0.29) is 0 Å². The summed E-state index contributed by atoms with van der Waals surface area (Å²) in [6.45, 7) is 0. The van der Waals surface area contributed by atoms with Gasteiger partial charge in [-0.25, -0.2) is 0 Å². The van der Waals surface area contributed by atoms with Gasteiger partial charge in [0.15, 0.2) is 0 Å². The van der Waals surface area contributed by atoms with Crippen molar-refractivity contribution in [2.24, 2.45) is 0 Å². The van der Waals surface area contributed by atoms with Crippen molar-refractivity contribution < 1.29 is 8.83 Å². The summed E-state index contributed by atoms with van der Waals surface area (Å²) in [6.07, 6.45) is 1.76. The molecule has 2 heterocycles. The van der Waals surface area contributed by atoms with Crippen molar-refractivity contribution in [1.82, 2.24) is 0 Å². The van der Waals surface area contributed by atoms with Gasteiger partial charge in [0.1, 0.15) is 16.7 Å². The van der Waals surface area contributed by atoms with Crippen molar-refractivity contribution in [1.29, 1.82) is 0 Å². The minimum absolute atomic E-state index is 0.901. The molecule has 0 spiro atoms. The summed E-state index contributed by atoms with van der Waals surface area (Å²) in [5.74, 6) is 0. The minimum atomic E-state index is 0.901. The van der Waals surface area contributed by atoms with Gasteiger partial charge in [-0.3, -0.25) is 0 Å². The van der Waals surface area contributed by atoms with Crippen molar-refractivity contribution in [3.63, 3.8) is 0 Å². The van der Waals surface area contributed by atoms with Crippen LogP contribution in [0.15, 0.2) is 167 Å². The highest BCUT2D eigenvalue weighted by molar-refractivity contribution is 6.24. The van der Waals surface area contributed by atoms with E-state index in [4.69, 9.17) is 8.83 Å². The number of para-hydroxylation sites is 1. The topological polar surface area (TPSA) is 26.3 Å². The number of benzene rings is 8. The van der Waals surface area contributed by atoms with Crippen molar-refractivity contribution in [2.45, 2.75) is 0 Å². The second-order valence-corrected chi connectivity index (χ2v) is 12.0. The first-order valence-electron chi connectivity index (χ1n) is 15.7. The predicted octanol–water partition coefficient (Wildman–Crippen LogP) is 12.8. The molecule has 0 atom stereocenters. The SMILES string of the molecule is c1ccc2c(c1)oc1ccc(-c3cccc4c(-c5c6ccccc6c(-c6ccc7ccoc7c6)c6ccccc56)cccc34)cc12. The average molecular weight is 587 g/mol. The van der Waals surface area contributed by atoms with Crippen LogP contribution in [0.1, 0.15) is 0 Å². The van der Waals surface area contributed by atoms with E-state index in [1.54, 1.807) is 6.26 Å². The first kappa shape index (κ1) is 25.2. The second-order valence-electron chi connectivity index (χ2n) is 12.0. The van der Waals surface area contributed by atoms with Crippen molar-refractivity contribution in [3.8, 4) is 33.4 Å². The highest BCUT2D eigenvalue weighted by atomic mass is 16.3. The van der Waals surface area contributed by atoms with Crippen molar-refractivity contribution in [2.75, 3.05) is 0 Å². The molecule has 0 aliphatic heterocycles. The van der Waals surface area contributed by atoms with Gasteiger partial charge in [0.05, 0.1) is 6.26 Å². The normalized spacial score (nSPS) is 11.9. The maximum atomic E-state index is 6.14. The largest absolute Gasteiger partial charge is 0.464 e. The minimum Gasteiger partial charge on any atom is -0.464 e. The lowest BCUT2D eigenvalue weighted by atomic mass is 9.84. The van der Waals surface area contributed by atoms with Gasteiger partial charge in [-0.05, 0) is 96.0 Å². The Morgan fingerprint density at radius 3 is 1.67 bits per heavy atom. The molecule has 46 heavy (non-hydrogen) atoms. The lowest BCUT2D eigenvalue weighted by Gasteiger charge is -2.19. The van der Waals surface area contributed by atoms with Gasteiger partial charge in [-0.2, -0.15) is 0 Å². The Labute approximate surface area is 264 Å². The fraction of sp³-hybridized carbons (Fsp3) is 0. The summed E-state index contributed by atoms with van der Waals surface area (Å²) in [5.41, 5.74) is 10.00. The maximum Gasteiger partial charge on any atom is 0.135 e. The van der Waals surface area contributed by atoms with Crippen LogP contribution in [0.2, 0.25) is 0 Å². The molecule has 2 heteroatoms. The van der Waals surface area contributed by atoms with Gasteiger partial charge in [-0.1, -0.05) is 121 Å². The molecule has 214 valence electrons. The van der Waals surface area contributed by atoms with E-state index in [9.17, 15) is 0 Å². The Bertz CT molecular complexity index is 2750. The number of furan rings is 2. The third-order valence-electron chi connectivity index (χ3n) is 9.56. The molecule has 0 saturated carbocycles. The van der Waals surface area contributed by atoms with Crippen molar-refractivity contribution in [3.05, 3.63) is 158 Å². The Morgan fingerprint density at radius 2 is 0.913 bits per heavy atom. The first-order chi connectivity index (χ1) is 22.8. The predicted molar refractivity (Wildman–Crippen MR) is 192 cm³/mol. The molecule has 0 bridgehead atoms. The summed E-state index contributed by atoms with van der Waals surface area (Å²) in [6, 6.07) is 54.5. The molecule has 0 aliphatic carbocycles. The quantitative estimate of drug-likeness (QED) is 0.193. The fourth-order valence-corrected chi connectivity index (χ4v) is 7.51. The molecule has 0 saturated heterocycles. The summed E-state index contributed by atoms with van der Waals surface area (Å²) in [5, 5.41) is 10.8. The van der Waals surface area contributed by atoms with E-state index in [0.717, 1.165) is 38.5 Å². The van der Waals surface area contributed by atoms with Crippen LogP contribution in [0.25, 0.3) is 98.6 Å². The van der Waals surface area contributed by atoms with Gasteiger partial charge in [0, 0.05) is 16.2 Å². The van der Waals surface area contributed by atoms with E-state index in [1.165, 1.54) is 60.1 Å². The van der Waals surface area contributed by atoms with Crippen LogP contribution in [-0.4, -0.2) is 0 Å². The summed E-state index contributed by atoms with van der Waals surface area (Å²) in [4.78, 5) is 0. The molecule has 0 amide bonds. The average Bonchev–Trinajstić information content (AvgIpc) is 3.74. The van der Waals surface area contributed by atoms with Gasteiger partial charge < -0.3 is 8.83 Å². The van der Waals surface area contributed by atoms with Crippen LogP contribution >= 0.6 is 0 Å². The van der Waals surface area contributed by atoms with E-state index in [1.807, 2.05) is 18.2 Å². The summed E-state index contributed by atoms with van der Waals surface area (Å²) >= 11 is 0. The molecule has 0 unspecified atom stereocenters. The zero-order valence-corrected chi connectivity index (χ0v) is 24.8. The number of rotatable bonds is 3. The monoisotopic (exact) mass is 586 g/mol. The van der Waals surface area contributed by atoms with E-state index < -0.39 is 0 Å². The second kappa shape index (κ2) is 9.69. The van der Waals surface area contributed by atoms with Crippen molar-refractivity contribution >= 4 is 65.2 Å². The molecule has 0 aliphatic rings. The molecule has 0 fully saturated rings. The standard InChI is InChI=1S/C44H26O2/c1-3-12-37-35(10-1)43(29-20-19-27-23-24-45-42(27)26-29)36-11-2-4-13-38(36)44(37)34-17-8-15-31-30(14-7-16-32(31)34)28-21-22-41-39(25-28)33-9-5-6-18-40(33)46-41/h1-26H. The molecule has 10 aromatic rings. The molecule has 0 N–H and O–H groups in total. The van der Waals surface area contributed by atoms with Crippen LogP contribution < -0.4 is 0 Å². The lowest BCUT2D eigenvalue weighted by molar-refractivity contribution is 0.616. The zero-order valence-electron chi connectivity index (χ0n) is 24.8. The molecule has 2 nitrogen and oxygen atoms in total. The molecular weight excluding hydrogens is 560 g/mol. The molecule has 2 aromatic heterocycles. The highest BCUT2D eigenvalue weighted by Gasteiger charge is 2.19. The smallest absolute Gasteiger partial charge is 0.135 e.